The molecule has 1 fully saturated rings. The van der Waals surface area contributed by atoms with Crippen LogP contribution in [0.2, 0.25) is 5.02 Å². The monoisotopic (exact) mass is 321 g/mol. The number of piperidine rings is 1. The highest BCUT2D eigenvalue weighted by molar-refractivity contribution is 7.80. The quantitative estimate of drug-likeness (QED) is 0.734. The Balaban J connectivity index is 1.69. The summed E-state index contributed by atoms with van der Waals surface area (Å²) < 4.78 is 0. The van der Waals surface area contributed by atoms with E-state index in [1.807, 2.05) is 23.2 Å². The molecule has 0 N–H and O–H groups in total. The van der Waals surface area contributed by atoms with Crippen molar-refractivity contribution in [3.8, 4) is 0 Å². The van der Waals surface area contributed by atoms with Gasteiger partial charge in [0.1, 0.15) is 0 Å². The topological polar surface area (TPSA) is 18.8 Å². The van der Waals surface area contributed by atoms with Crippen LogP contribution in [0.5, 0.6) is 0 Å². The number of thiocarbonyl (C=S) groups is 1. The van der Waals surface area contributed by atoms with Gasteiger partial charge in [-0.3, -0.25) is 0 Å². The van der Waals surface area contributed by atoms with Crippen LogP contribution in [0.3, 0.4) is 0 Å². The molecule has 1 aromatic carbocycles. The van der Waals surface area contributed by atoms with Crippen molar-refractivity contribution in [3.05, 3.63) is 34.9 Å². The maximum Gasteiger partial charge on any atom is 0.192 e. The number of benzene rings is 1. The standard InChI is InChI=1S/C16H20ClN3S/c1-12-5-8-19(9-6-12)16(21)20-10-7-15(18-20)13-3-2-4-14(17)11-13/h2-4,11-12H,5-10H2,1H3. The molecular weight excluding hydrogens is 302 g/mol. The molecule has 0 bridgehead atoms. The Morgan fingerprint density at radius 3 is 2.76 bits per heavy atom. The molecule has 0 amide bonds. The summed E-state index contributed by atoms with van der Waals surface area (Å²) in [5.41, 5.74) is 2.17. The zero-order chi connectivity index (χ0) is 14.8. The van der Waals surface area contributed by atoms with Crippen LogP contribution in [-0.2, 0) is 0 Å². The molecule has 0 aliphatic carbocycles. The Bertz CT molecular complexity index is 564. The molecule has 0 atom stereocenters. The van der Waals surface area contributed by atoms with E-state index >= 15 is 0 Å². The fourth-order valence-corrected chi connectivity index (χ4v) is 3.33. The van der Waals surface area contributed by atoms with E-state index in [1.54, 1.807) is 0 Å². The van der Waals surface area contributed by atoms with Crippen molar-refractivity contribution in [2.24, 2.45) is 11.0 Å². The number of likely N-dealkylation sites (tertiary alicyclic amines) is 1. The zero-order valence-electron chi connectivity index (χ0n) is 12.3. The molecule has 2 aliphatic heterocycles. The average Bonchev–Trinajstić information content (AvgIpc) is 2.97. The molecular formula is C16H20ClN3S. The smallest absolute Gasteiger partial charge is 0.192 e. The van der Waals surface area contributed by atoms with Crippen molar-refractivity contribution in [1.82, 2.24) is 9.91 Å². The third-order valence-corrected chi connectivity index (χ3v) is 4.94. The normalized spacial score (nSPS) is 19.8. The lowest BCUT2D eigenvalue weighted by Gasteiger charge is -2.34. The van der Waals surface area contributed by atoms with Gasteiger partial charge in [0.2, 0.25) is 0 Å². The Hall–Kier alpha value is -1.13. The van der Waals surface area contributed by atoms with Gasteiger partial charge in [-0.1, -0.05) is 30.7 Å². The van der Waals surface area contributed by atoms with Gasteiger partial charge in [-0.15, -0.1) is 0 Å². The minimum absolute atomic E-state index is 0.751. The van der Waals surface area contributed by atoms with Crippen LogP contribution >= 0.6 is 23.8 Å². The minimum atomic E-state index is 0.751. The van der Waals surface area contributed by atoms with Crippen molar-refractivity contribution in [2.45, 2.75) is 26.2 Å². The molecule has 1 saturated heterocycles. The lowest BCUT2D eigenvalue weighted by molar-refractivity contribution is 0.256. The maximum atomic E-state index is 6.05. The minimum Gasteiger partial charge on any atom is -0.348 e. The van der Waals surface area contributed by atoms with Crippen LogP contribution in [-0.4, -0.2) is 40.4 Å². The van der Waals surface area contributed by atoms with E-state index in [0.29, 0.717) is 0 Å². The number of rotatable bonds is 1. The third-order valence-electron chi connectivity index (χ3n) is 4.23. The van der Waals surface area contributed by atoms with Gasteiger partial charge in [0, 0.05) is 31.1 Å². The Labute approximate surface area is 136 Å². The molecule has 0 radical (unpaired) electrons. The molecule has 1 aromatic rings. The second-order valence-electron chi connectivity index (χ2n) is 5.88. The van der Waals surface area contributed by atoms with Gasteiger partial charge < -0.3 is 4.90 Å². The predicted molar refractivity (Wildman–Crippen MR) is 91.9 cm³/mol. The SMILES string of the molecule is CC1CCN(C(=S)N2CCC(c3cccc(Cl)c3)=N2)CC1. The van der Waals surface area contributed by atoms with Crippen molar-refractivity contribution in [1.29, 1.82) is 0 Å². The highest BCUT2D eigenvalue weighted by atomic mass is 35.5. The van der Waals surface area contributed by atoms with Gasteiger partial charge in [0.25, 0.3) is 0 Å². The molecule has 2 aliphatic rings. The molecule has 112 valence electrons. The molecule has 2 heterocycles. The lowest BCUT2D eigenvalue weighted by atomic mass is 10.00. The van der Waals surface area contributed by atoms with E-state index in [4.69, 9.17) is 28.9 Å². The van der Waals surface area contributed by atoms with Gasteiger partial charge in [0.15, 0.2) is 5.11 Å². The van der Waals surface area contributed by atoms with E-state index in [1.165, 1.54) is 12.8 Å². The fourth-order valence-electron chi connectivity index (χ4n) is 2.83. The third kappa shape index (κ3) is 3.38. The summed E-state index contributed by atoms with van der Waals surface area (Å²) in [5, 5.41) is 8.30. The first-order valence-corrected chi connectivity index (χ1v) is 8.32. The summed E-state index contributed by atoms with van der Waals surface area (Å²) in [6.07, 6.45) is 3.36. The van der Waals surface area contributed by atoms with E-state index in [9.17, 15) is 0 Å². The van der Waals surface area contributed by atoms with Gasteiger partial charge in [0.05, 0.1) is 5.71 Å². The van der Waals surface area contributed by atoms with Crippen LogP contribution in [0.4, 0.5) is 0 Å². The number of nitrogens with zero attached hydrogens (tertiary/aromatic N) is 3. The molecule has 0 aromatic heterocycles. The van der Waals surface area contributed by atoms with Gasteiger partial charge in [-0.2, -0.15) is 5.10 Å². The van der Waals surface area contributed by atoms with Gasteiger partial charge in [-0.25, -0.2) is 5.01 Å². The van der Waals surface area contributed by atoms with Crippen molar-refractivity contribution in [3.63, 3.8) is 0 Å². The molecule has 5 heteroatoms. The van der Waals surface area contributed by atoms with Crippen LogP contribution in [0, 0.1) is 5.92 Å². The molecule has 0 saturated carbocycles. The first-order chi connectivity index (χ1) is 10.1. The highest BCUT2D eigenvalue weighted by Crippen LogP contribution is 2.21. The zero-order valence-corrected chi connectivity index (χ0v) is 13.8. The summed E-state index contributed by atoms with van der Waals surface area (Å²) in [5.74, 6) is 0.813. The van der Waals surface area contributed by atoms with Gasteiger partial charge in [-0.05, 0) is 48.7 Å². The van der Waals surface area contributed by atoms with Crippen molar-refractivity contribution >= 4 is 34.6 Å². The lowest BCUT2D eigenvalue weighted by Crippen LogP contribution is -2.43. The number of hydrogen-bond acceptors (Lipinski definition) is 2. The Kier molecular flexibility index (Phi) is 4.45. The predicted octanol–water partition coefficient (Wildman–Crippen LogP) is 3.77. The average molecular weight is 322 g/mol. The van der Waals surface area contributed by atoms with Crippen LogP contribution in [0.1, 0.15) is 31.7 Å². The summed E-state index contributed by atoms with van der Waals surface area (Å²) in [7, 11) is 0. The van der Waals surface area contributed by atoms with E-state index < -0.39 is 0 Å². The molecule has 21 heavy (non-hydrogen) atoms. The van der Waals surface area contributed by atoms with E-state index in [0.717, 1.165) is 53.4 Å². The fraction of sp³-hybridized carbons (Fsp3) is 0.500. The van der Waals surface area contributed by atoms with E-state index in [2.05, 4.69) is 17.9 Å². The van der Waals surface area contributed by atoms with Crippen LogP contribution in [0.25, 0.3) is 0 Å². The molecule has 3 rings (SSSR count). The molecule has 0 unspecified atom stereocenters. The number of halogens is 1. The molecule has 3 nitrogen and oxygen atoms in total. The van der Waals surface area contributed by atoms with Crippen LogP contribution < -0.4 is 0 Å². The summed E-state index contributed by atoms with van der Waals surface area (Å²) in [6.45, 7) is 5.29. The van der Waals surface area contributed by atoms with Gasteiger partial charge >= 0.3 is 0 Å². The maximum absolute atomic E-state index is 6.05. The molecule has 0 spiro atoms. The van der Waals surface area contributed by atoms with Crippen LogP contribution in [0.15, 0.2) is 29.4 Å². The summed E-state index contributed by atoms with van der Waals surface area (Å²) >= 11 is 11.7. The second kappa shape index (κ2) is 6.32. The second-order valence-corrected chi connectivity index (χ2v) is 6.68. The largest absolute Gasteiger partial charge is 0.348 e. The first-order valence-electron chi connectivity index (χ1n) is 7.53. The Morgan fingerprint density at radius 2 is 2.05 bits per heavy atom. The van der Waals surface area contributed by atoms with Crippen molar-refractivity contribution in [2.75, 3.05) is 19.6 Å². The number of hydrazone groups is 1. The van der Waals surface area contributed by atoms with Crippen molar-refractivity contribution < 1.29 is 0 Å². The number of hydrogen-bond donors (Lipinski definition) is 0. The first kappa shape index (κ1) is 14.8. The van der Waals surface area contributed by atoms with E-state index in [-0.39, 0.29) is 0 Å². The Morgan fingerprint density at radius 1 is 1.29 bits per heavy atom. The summed E-state index contributed by atoms with van der Waals surface area (Å²) in [6, 6.07) is 7.88. The summed E-state index contributed by atoms with van der Waals surface area (Å²) in [4.78, 5) is 2.29. The highest BCUT2D eigenvalue weighted by Gasteiger charge is 2.25.